The molecule has 1 aliphatic rings. The first-order chi connectivity index (χ1) is 11.3. The van der Waals surface area contributed by atoms with Gasteiger partial charge in [0.25, 0.3) is 10.0 Å². The van der Waals surface area contributed by atoms with Crippen molar-refractivity contribution in [3.05, 3.63) is 17.5 Å². The van der Waals surface area contributed by atoms with Crippen LogP contribution in [0.3, 0.4) is 0 Å². The van der Waals surface area contributed by atoms with E-state index in [2.05, 4.69) is 10.6 Å². The van der Waals surface area contributed by atoms with Crippen molar-refractivity contribution in [2.75, 3.05) is 19.7 Å². The van der Waals surface area contributed by atoms with Crippen molar-refractivity contribution >= 4 is 33.2 Å². The van der Waals surface area contributed by atoms with Crippen LogP contribution in [-0.4, -0.2) is 56.5 Å². The monoisotopic (exact) mass is 375 g/mol. The lowest BCUT2D eigenvalue weighted by molar-refractivity contribution is -0.140. The van der Waals surface area contributed by atoms with E-state index in [1.54, 1.807) is 25.3 Å². The second kappa shape index (κ2) is 8.06. The van der Waals surface area contributed by atoms with Crippen LogP contribution in [0.25, 0.3) is 0 Å². The quantitative estimate of drug-likeness (QED) is 0.712. The highest BCUT2D eigenvalue weighted by Gasteiger charge is 2.35. The molecule has 10 heteroatoms. The molecule has 1 aromatic heterocycles. The first-order valence-corrected chi connectivity index (χ1v) is 9.90. The molecule has 0 saturated carbocycles. The van der Waals surface area contributed by atoms with Gasteiger partial charge in [0.15, 0.2) is 0 Å². The first-order valence-electron chi connectivity index (χ1n) is 7.58. The number of ether oxygens (including phenoxy) is 1. The molecule has 0 aromatic carbocycles. The van der Waals surface area contributed by atoms with Crippen LogP contribution in [0.1, 0.15) is 20.3 Å². The summed E-state index contributed by atoms with van der Waals surface area (Å²) in [7, 11) is -3.68. The Morgan fingerprint density at radius 3 is 2.79 bits per heavy atom. The topological polar surface area (TPSA) is 105 Å². The standard InChI is InChI=1S/C14H21N3O5S2/c1-10(2)16-14(19)13(18)15-9-11-17(6-4-7-22-11)24(20,21)12-5-3-8-23-12/h3,5,8,10-11H,4,6-7,9H2,1-2H3,(H,15,18)(H,16,19)/t11-/m0/s1. The maximum atomic E-state index is 12.6. The molecular weight excluding hydrogens is 354 g/mol. The van der Waals surface area contributed by atoms with Gasteiger partial charge < -0.3 is 15.4 Å². The molecule has 24 heavy (non-hydrogen) atoms. The number of nitrogens with zero attached hydrogens (tertiary/aromatic N) is 1. The van der Waals surface area contributed by atoms with Crippen LogP contribution >= 0.6 is 11.3 Å². The summed E-state index contributed by atoms with van der Waals surface area (Å²) < 4.78 is 32.2. The van der Waals surface area contributed by atoms with E-state index in [0.717, 1.165) is 11.3 Å². The average molecular weight is 375 g/mol. The normalized spacial score (nSPS) is 19.2. The fourth-order valence-corrected chi connectivity index (χ4v) is 4.90. The van der Waals surface area contributed by atoms with Crippen molar-refractivity contribution in [1.29, 1.82) is 0 Å². The molecule has 0 radical (unpaired) electrons. The van der Waals surface area contributed by atoms with Crippen LogP contribution in [-0.2, 0) is 24.3 Å². The van der Waals surface area contributed by atoms with Crippen LogP contribution in [0.15, 0.2) is 21.7 Å². The molecule has 2 N–H and O–H groups in total. The summed E-state index contributed by atoms with van der Waals surface area (Å²) >= 11 is 1.13. The predicted octanol–water partition coefficient (Wildman–Crippen LogP) is 0.126. The highest BCUT2D eigenvalue weighted by Crippen LogP contribution is 2.25. The number of thiophene rings is 1. The summed E-state index contributed by atoms with van der Waals surface area (Å²) in [6.07, 6.45) is -0.259. The molecule has 0 bridgehead atoms. The van der Waals surface area contributed by atoms with Crippen LogP contribution in [0.4, 0.5) is 0 Å². The zero-order valence-electron chi connectivity index (χ0n) is 13.5. The molecule has 1 fully saturated rings. The van der Waals surface area contributed by atoms with Gasteiger partial charge in [-0.15, -0.1) is 11.3 Å². The number of hydrogen-bond donors (Lipinski definition) is 2. The van der Waals surface area contributed by atoms with Gasteiger partial charge in [0.1, 0.15) is 10.4 Å². The van der Waals surface area contributed by atoms with Crippen molar-refractivity contribution in [1.82, 2.24) is 14.9 Å². The minimum atomic E-state index is -3.68. The lowest BCUT2D eigenvalue weighted by atomic mass is 10.3. The molecule has 1 aliphatic heterocycles. The Hall–Kier alpha value is -1.49. The van der Waals surface area contributed by atoms with Crippen LogP contribution in [0.2, 0.25) is 0 Å². The third-order valence-electron chi connectivity index (χ3n) is 3.28. The smallest absolute Gasteiger partial charge is 0.309 e. The number of sulfonamides is 1. The Kier molecular flexibility index (Phi) is 6.33. The van der Waals surface area contributed by atoms with E-state index in [4.69, 9.17) is 4.74 Å². The summed E-state index contributed by atoms with van der Waals surface area (Å²) in [5, 5.41) is 6.58. The van der Waals surface area contributed by atoms with Gasteiger partial charge in [0, 0.05) is 12.6 Å². The Labute approximate surface area is 145 Å². The number of carbonyl (C=O) groups is 2. The minimum Gasteiger partial charge on any atom is -0.360 e. The lowest BCUT2D eigenvalue weighted by Crippen LogP contribution is -2.53. The summed E-state index contributed by atoms with van der Waals surface area (Å²) in [6, 6.07) is 3.03. The molecule has 1 aromatic rings. The van der Waals surface area contributed by atoms with Crippen molar-refractivity contribution in [2.24, 2.45) is 0 Å². The Morgan fingerprint density at radius 1 is 1.42 bits per heavy atom. The molecule has 0 unspecified atom stereocenters. The highest BCUT2D eigenvalue weighted by molar-refractivity contribution is 7.91. The molecule has 2 heterocycles. The second-order valence-corrected chi connectivity index (χ2v) is 8.63. The van der Waals surface area contributed by atoms with Gasteiger partial charge in [-0.1, -0.05) is 6.07 Å². The van der Waals surface area contributed by atoms with Gasteiger partial charge in [-0.25, -0.2) is 8.42 Å². The number of rotatable bonds is 5. The third-order valence-corrected chi connectivity index (χ3v) is 6.54. The van der Waals surface area contributed by atoms with E-state index in [1.807, 2.05) is 0 Å². The summed E-state index contributed by atoms with van der Waals surface area (Å²) in [4.78, 5) is 23.4. The highest BCUT2D eigenvalue weighted by atomic mass is 32.2. The van der Waals surface area contributed by atoms with Gasteiger partial charge in [0.05, 0.1) is 13.2 Å². The van der Waals surface area contributed by atoms with E-state index in [9.17, 15) is 18.0 Å². The maximum Gasteiger partial charge on any atom is 0.309 e. The maximum absolute atomic E-state index is 12.6. The second-order valence-electron chi connectivity index (χ2n) is 5.57. The molecule has 134 valence electrons. The predicted molar refractivity (Wildman–Crippen MR) is 88.9 cm³/mol. The molecule has 8 nitrogen and oxygen atoms in total. The summed E-state index contributed by atoms with van der Waals surface area (Å²) in [5.41, 5.74) is 0. The molecule has 0 spiro atoms. The molecule has 2 amide bonds. The van der Waals surface area contributed by atoms with Crippen molar-refractivity contribution < 1.29 is 22.7 Å². The zero-order chi connectivity index (χ0) is 17.7. The van der Waals surface area contributed by atoms with Gasteiger partial charge >= 0.3 is 11.8 Å². The lowest BCUT2D eigenvalue weighted by Gasteiger charge is -2.34. The number of amides is 2. The van der Waals surface area contributed by atoms with E-state index in [0.29, 0.717) is 19.6 Å². The summed E-state index contributed by atoms with van der Waals surface area (Å²) in [6.45, 7) is 4.10. The van der Waals surface area contributed by atoms with Gasteiger partial charge in [0.2, 0.25) is 0 Å². The third kappa shape index (κ3) is 4.53. The fraction of sp³-hybridized carbons (Fsp3) is 0.571. The average Bonchev–Trinajstić information content (AvgIpc) is 3.07. The van der Waals surface area contributed by atoms with Crippen molar-refractivity contribution in [2.45, 2.75) is 36.7 Å². The number of hydrogen-bond acceptors (Lipinski definition) is 6. The van der Waals surface area contributed by atoms with Crippen molar-refractivity contribution in [3.8, 4) is 0 Å². The molecule has 2 rings (SSSR count). The van der Waals surface area contributed by atoms with Crippen LogP contribution < -0.4 is 10.6 Å². The molecule has 0 aliphatic carbocycles. The first kappa shape index (κ1) is 18.8. The van der Waals surface area contributed by atoms with Crippen LogP contribution in [0, 0.1) is 0 Å². The minimum absolute atomic E-state index is 0.0883. The fourth-order valence-electron chi connectivity index (χ4n) is 2.22. The SMILES string of the molecule is CC(C)NC(=O)C(=O)NC[C@@H]1OCCCN1S(=O)(=O)c1cccs1. The molecular formula is C14H21N3O5S2. The zero-order valence-corrected chi connectivity index (χ0v) is 15.2. The molecule has 1 saturated heterocycles. The van der Waals surface area contributed by atoms with Crippen molar-refractivity contribution in [3.63, 3.8) is 0 Å². The molecule has 1 atom stereocenters. The number of nitrogens with one attached hydrogen (secondary N) is 2. The Bertz CT molecular complexity index is 673. The van der Waals surface area contributed by atoms with E-state index < -0.39 is 28.1 Å². The number of carbonyl (C=O) groups excluding carboxylic acids is 2. The van der Waals surface area contributed by atoms with Gasteiger partial charge in [-0.3, -0.25) is 9.59 Å². The van der Waals surface area contributed by atoms with E-state index >= 15 is 0 Å². The Balaban J connectivity index is 2.02. The summed E-state index contributed by atoms with van der Waals surface area (Å²) in [5.74, 6) is -1.57. The van der Waals surface area contributed by atoms with Gasteiger partial charge in [-0.05, 0) is 31.7 Å². The van der Waals surface area contributed by atoms with E-state index in [-0.39, 0.29) is 16.8 Å². The Morgan fingerprint density at radius 2 is 2.17 bits per heavy atom. The van der Waals surface area contributed by atoms with Gasteiger partial charge in [-0.2, -0.15) is 4.31 Å². The van der Waals surface area contributed by atoms with Crippen LogP contribution in [0.5, 0.6) is 0 Å². The van der Waals surface area contributed by atoms with E-state index in [1.165, 1.54) is 10.4 Å². The largest absolute Gasteiger partial charge is 0.360 e.